The van der Waals surface area contributed by atoms with E-state index in [9.17, 15) is 29.4 Å². The summed E-state index contributed by atoms with van der Waals surface area (Å²) < 4.78 is 0. The van der Waals surface area contributed by atoms with Gasteiger partial charge in [0, 0.05) is 11.3 Å². The predicted molar refractivity (Wildman–Crippen MR) is 67.9 cm³/mol. The summed E-state index contributed by atoms with van der Waals surface area (Å²) in [5, 5.41) is 22.2. The molecule has 2 amide bonds. The molecule has 8 nitrogen and oxygen atoms in total. The zero-order valence-corrected chi connectivity index (χ0v) is 11.2. The number of nitrogens with one attached hydrogen (secondary N) is 1. The van der Waals surface area contributed by atoms with E-state index >= 15 is 0 Å². The number of carboxylic acids is 2. The van der Waals surface area contributed by atoms with E-state index in [1.165, 1.54) is 18.2 Å². The monoisotopic (exact) mass is 308 g/mol. The van der Waals surface area contributed by atoms with E-state index in [1.807, 2.05) is 0 Å². The molecule has 0 radical (unpaired) electrons. The molecule has 0 spiro atoms. The summed E-state index contributed by atoms with van der Waals surface area (Å²) in [6.07, 6.45) is 0. The van der Waals surface area contributed by atoms with Crippen LogP contribution >= 0.6 is 11.8 Å². The summed E-state index contributed by atoms with van der Waals surface area (Å²) in [5.74, 6) is -3.78. The quantitative estimate of drug-likeness (QED) is 0.676. The molecule has 1 saturated heterocycles. The second kappa shape index (κ2) is 5.83. The van der Waals surface area contributed by atoms with Crippen LogP contribution in [0, 0.1) is 0 Å². The van der Waals surface area contributed by atoms with Crippen LogP contribution in [0.5, 0.6) is 0 Å². The molecule has 0 saturated carbocycles. The third kappa shape index (κ3) is 3.14. The van der Waals surface area contributed by atoms with Gasteiger partial charge in [0.15, 0.2) is 5.37 Å². The van der Waals surface area contributed by atoms with E-state index in [0.717, 1.165) is 0 Å². The maximum Gasteiger partial charge on any atom is 0.291 e. The van der Waals surface area contributed by atoms with Crippen molar-refractivity contribution in [2.75, 3.05) is 11.9 Å². The molecule has 1 N–H and O–H groups in total. The smallest absolute Gasteiger partial charge is 0.291 e. The Kier molecular flexibility index (Phi) is 4.13. The minimum atomic E-state index is -1.56. The lowest BCUT2D eigenvalue weighted by molar-refractivity contribution is -0.305. The van der Waals surface area contributed by atoms with Crippen LogP contribution in [0.2, 0.25) is 0 Å². The summed E-state index contributed by atoms with van der Waals surface area (Å²) in [5.41, 5.74) is -0.0665. The first-order valence-electron chi connectivity index (χ1n) is 5.69. The molecule has 0 bridgehead atoms. The largest absolute Gasteiger partial charge is 0.548 e. The minimum absolute atomic E-state index is 0.103. The van der Waals surface area contributed by atoms with E-state index < -0.39 is 35.0 Å². The molecule has 21 heavy (non-hydrogen) atoms. The summed E-state index contributed by atoms with van der Waals surface area (Å²) >= 11 is 0.561. The van der Waals surface area contributed by atoms with Gasteiger partial charge in [0.2, 0.25) is 0 Å². The Morgan fingerprint density at radius 3 is 2.52 bits per heavy atom. The second-order valence-corrected chi connectivity index (χ2v) is 5.09. The molecule has 1 aliphatic heterocycles. The average Bonchev–Trinajstić information content (AvgIpc) is 2.66. The number of carbonyl (C=O) groups excluding carboxylic acids is 4. The predicted octanol–water partition coefficient (Wildman–Crippen LogP) is -1.77. The number of nitrogens with zero attached hydrogens (tertiary/aromatic N) is 1. The topological polar surface area (TPSA) is 130 Å². The van der Waals surface area contributed by atoms with E-state index in [4.69, 9.17) is 0 Å². The number of anilines is 1. The van der Waals surface area contributed by atoms with Gasteiger partial charge in [-0.2, -0.15) is 0 Å². The SMILES string of the molecule is O=C([O-])CN1C(=O)S[C@H](Nc2ccccc2C(=O)[O-])C1=O. The van der Waals surface area contributed by atoms with Gasteiger partial charge in [0.05, 0.1) is 18.5 Å². The Morgan fingerprint density at radius 2 is 1.90 bits per heavy atom. The maximum absolute atomic E-state index is 11.9. The lowest BCUT2D eigenvalue weighted by Crippen LogP contribution is -2.42. The lowest BCUT2D eigenvalue weighted by atomic mass is 10.2. The molecule has 1 aliphatic rings. The van der Waals surface area contributed by atoms with Gasteiger partial charge in [0.25, 0.3) is 11.1 Å². The standard InChI is InChI=1S/C12H10N2O6S/c15-8(16)5-14-10(17)9(21-12(14)20)13-7-4-2-1-3-6(7)11(18)19/h1-4,9,13H,5H2,(H,15,16)(H,18,19)/p-2/t9-/m0/s1. The van der Waals surface area contributed by atoms with Crippen molar-refractivity contribution in [3.8, 4) is 0 Å². The number of hydrogen-bond donors (Lipinski definition) is 1. The first-order valence-corrected chi connectivity index (χ1v) is 6.57. The van der Waals surface area contributed by atoms with Crippen molar-refractivity contribution in [3.05, 3.63) is 29.8 Å². The number of rotatable bonds is 5. The Hall–Kier alpha value is -2.55. The van der Waals surface area contributed by atoms with Crippen molar-refractivity contribution in [1.29, 1.82) is 0 Å². The van der Waals surface area contributed by atoms with Gasteiger partial charge in [0.1, 0.15) is 0 Å². The van der Waals surface area contributed by atoms with Gasteiger partial charge in [-0.15, -0.1) is 0 Å². The molecule has 1 heterocycles. The van der Waals surface area contributed by atoms with Gasteiger partial charge in [-0.3, -0.25) is 14.5 Å². The molecule has 0 aliphatic carbocycles. The number of aromatic carboxylic acids is 1. The first kappa shape index (κ1) is 14.9. The Labute approximate surface area is 122 Å². The average molecular weight is 308 g/mol. The molecule has 1 aromatic rings. The van der Waals surface area contributed by atoms with Crippen LogP contribution in [0.4, 0.5) is 10.5 Å². The molecular formula is C12H8N2O6S-2. The van der Waals surface area contributed by atoms with Crippen LogP contribution < -0.4 is 15.5 Å². The Balaban J connectivity index is 2.18. The number of carboxylic acid groups (broad SMARTS) is 2. The molecule has 110 valence electrons. The van der Waals surface area contributed by atoms with E-state index in [-0.39, 0.29) is 11.3 Å². The normalized spacial score (nSPS) is 17.9. The highest BCUT2D eigenvalue weighted by atomic mass is 32.2. The fourth-order valence-electron chi connectivity index (χ4n) is 1.74. The van der Waals surface area contributed by atoms with Crippen molar-refractivity contribution in [2.45, 2.75) is 5.37 Å². The Morgan fingerprint density at radius 1 is 1.24 bits per heavy atom. The van der Waals surface area contributed by atoms with Gasteiger partial charge < -0.3 is 25.1 Å². The van der Waals surface area contributed by atoms with Gasteiger partial charge in [-0.05, 0) is 17.8 Å². The number of amides is 2. The van der Waals surface area contributed by atoms with Gasteiger partial charge >= 0.3 is 0 Å². The van der Waals surface area contributed by atoms with E-state index in [1.54, 1.807) is 6.07 Å². The van der Waals surface area contributed by atoms with Crippen LogP contribution in [0.3, 0.4) is 0 Å². The summed E-state index contributed by atoms with van der Waals surface area (Å²) in [6.45, 7) is -0.842. The second-order valence-electron chi connectivity index (χ2n) is 4.04. The third-order valence-corrected chi connectivity index (χ3v) is 3.63. The van der Waals surface area contributed by atoms with Crippen LogP contribution in [0.25, 0.3) is 0 Å². The van der Waals surface area contributed by atoms with Crippen molar-refractivity contribution in [1.82, 2.24) is 4.90 Å². The molecule has 9 heteroatoms. The number of thioether (sulfide) groups is 1. The zero-order chi connectivity index (χ0) is 15.6. The third-order valence-electron chi connectivity index (χ3n) is 2.65. The van der Waals surface area contributed by atoms with Crippen molar-refractivity contribution >= 4 is 40.5 Å². The van der Waals surface area contributed by atoms with Crippen LogP contribution in [-0.2, 0) is 9.59 Å². The minimum Gasteiger partial charge on any atom is -0.548 e. The highest BCUT2D eigenvalue weighted by Gasteiger charge is 2.39. The molecule has 1 fully saturated rings. The Bertz CT molecular complexity index is 632. The fraction of sp³-hybridized carbons (Fsp3) is 0.167. The summed E-state index contributed by atoms with van der Waals surface area (Å²) in [4.78, 5) is 45.4. The highest BCUT2D eigenvalue weighted by Crippen LogP contribution is 2.28. The van der Waals surface area contributed by atoms with E-state index in [0.29, 0.717) is 16.7 Å². The number of aliphatic carboxylic acids is 1. The van der Waals surface area contributed by atoms with Crippen molar-refractivity contribution < 1.29 is 29.4 Å². The maximum atomic E-state index is 11.9. The number of hydrogen-bond acceptors (Lipinski definition) is 8. The van der Waals surface area contributed by atoms with Gasteiger partial charge in [-0.1, -0.05) is 18.2 Å². The molecule has 0 aromatic heterocycles. The first-order chi connectivity index (χ1) is 9.90. The molecule has 2 rings (SSSR count). The van der Waals surface area contributed by atoms with Crippen LogP contribution in [-0.4, -0.2) is 39.9 Å². The van der Waals surface area contributed by atoms with E-state index in [2.05, 4.69) is 5.32 Å². The van der Waals surface area contributed by atoms with Crippen LogP contribution in [0.15, 0.2) is 24.3 Å². The fourth-order valence-corrected chi connectivity index (χ4v) is 2.63. The molecular weight excluding hydrogens is 300 g/mol. The molecule has 1 aromatic carbocycles. The lowest BCUT2D eigenvalue weighted by Gasteiger charge is -2.17. The highest BCUT2D eigenvalue weighted by molar-refractivity contribution is 8.15. The zero-order valence-electron chi connectivity index (χ0n) is 10.4. The summed E-state index contributed by atoms with van der Waals surface area (Å²) in [6, 6.07) is 5.71. The number of benzene rings is 1. The number of carbonyl (C=O) groups is 4. The summed E-state index contributed by atoms with van der Waals surface area (Å²) in [7, 11) is 0. The van der Waals surface area contributed by atoms with Gasteiger partial charge in [-0.25, -0.2) is 0 Å². The van der Waals surface area contributed by atoms with Crippen LogP contribution in [0.1, 0.15) is 10.4 Å². The van der Waals surface area contributed by atoms with Crippen molar-refractivity contribution in [2.24, 2.45) is 0 Å². The number of para-hydroxylation sites is 1. The molecule has 0 unspecified atom stereocenters. The van der Waals surface area contributed by atoms with Crippen molar-refractivity contribution in [3.63, 3.8) is 0 Å². The number of imide groups is 1. The molecule has 1 atom stereocenters.